The van der Waals surface area contributed by atoms with Gasteiger partial charge in [-0.1, -0.05) is 26.0 Å². The molecule has 22 nitrogen and oxygen atoms in total. The molecule has 0 aliphatic carbocycles. The molecule has 6 aromatic rings. The summed E-state index contributed by atoms with van der Waals surface area (Å²) < 4.78 is 17.5. The van der Waals surface area contributed by atoms with Crippen LogP contribution in [0.4, 0.5) is 28.6 Å². The molecule has 0 radical (unpaired) electrons. The normalized spacial score (nSPS) is 14.8. The first-order valence-corrected chi connectivity index (χ1v) is 23.5. The highest BCUT2D eigenvalue weighted by molar-refractivity contribution is 6.08. The number of ether oxygens (including phenoxy) is 2. The van der Waals surface area contributed by atoms with Crippen molar-refractivity contribution in [3.63, 3.8) is 0 Å². The Morgan fingerprint density at radius 3 is 2.26 bits per heavy atom. The minimum absolute atomic E-state index is 0.000696. The van der Waals surface area contributed by atoms with Gasteiger partial charge in [-0.3, -0.25) is 43.1 Å². The van der Waals surface area contributed by atoms with E-state index in [0.717, 1.165) is 5.57 Å². The number of aliphatic imine (C=N–C) groups is 1. The van der Waals surface area contributed by atoms with E-state index in [1.165, 1.54) is 33.1 Å². The van der Waals surface area contributed by atoms with E-state index in [2.05, 4.69) is 43.1 Å². The van der Waals surface area contributed by atoms with Crippen LogP contribution in [0.15, 0.2) is 90.5 Å². The van der Waals surface area contributed by atoms with E-state index in [1.807, 2.05) is 13.8 Å². The molecular weight excluding hydrogens is 939 g/mol. The van der Waals surface area contributed by atoms with E-state index in [9.17, 15) is 33.6 Å². The molecule has 3 atom stereocenters. The first kappa shape index (κ1) is 50.6. The highest BCUT2D eigenvalue weighted by Crippen LogP contribution is 2.38. The fourth-order valence-corrected chi connectivity index (χ4v) is 8.50. The summed E-state index contributed by atoms with van der Waals surface area (Å²) in [5.41, 5.74) is 9.94. The first-order valence-electron chi connectivity index (χ1n) is 23.5. The predicted octanol–water partition coefficient (Wildman–Crippen LogP) is 4.96. The molecule has 22 heteroatoms. The molecule has 2 unspecified atom stereocenters. The molecule has 8 rings (SSSR count). The Morgan fingerprint density at radius 2 is 1.53 bits per heavy atom. The second-order valence-electron chi connectivity index (χ2n) is 18.4. The second kappa shape index (κ2) is 20.9. The number of hydrogen-bond donors (Lipinski definition) is 6. The highest BCUT2D eigenvalue weighted by Gasteiger charge is 2.34. The minimum atomic E-state index is -0.838. The van der Waals surface area contributed by atoms with Gasteiger partial charge in [0.2, 0.25) is 23.5 Å². The van der Waals surface area contributed by atoms with E-state index in [1.54, 1.807) is 105 Å². The number of methoxy groups -OCH3 is 1. The fraction of sp³-hybridized carbons (Fsp3) is 0.314. The third-order valence-corrected chi connectivity index (χ3v) is 12.5. The van der Waals surface area contributed by atoms with E-state index in [0.29, 0.717) is 70.1 Å². The summed E-state index contributed by atoms with van der Waals surface area (Å²) in [4.78, 5) is 103. The summed E-state index contributed by atoms with van der Waals surface area (Å²) in [6.45, 7) is 9.85. The lowest BCUT2D eigenvalue weighted by Gasteiger charge is -2.20. The SMILES string of the molecule is C=C1C[C@H]2C=Nc3cc(OCCCC(=O)Nc4cn(C)c(C(=O)Nc5cc(C(=O)Nc6cc(C(=O)n7ccc8cc(NC(=O)C(C)NC(=O)C(N)C(C)C)ccc87)n(C)c6)n(C)c5)n4)c(OC)cc3C(=O)N2C1. The number of nitrogens with zero attached hydrogens (tertiary/aromatic N) is 7. The summed E-state index contributed by atoms with van der Waals surface area (Å²) >= 11 is 0. The number of aromatic nitrogens is 5. The van der Waals surface area contributed by atoms with Crippen LogP contribution in [0, 0.1) is 5.92 Å². The molecule has 380 valence electrons. The van der Waals surface area contributed by atoms with Crippen molar-refractivity contribution in [2.45, 2.75) is 58.2 Å². The number of amides is 6. The van der Waals surface area contributed by atoms with E-state index in [-0.39, 0.29) is 65.7 Å². The Hall–Kier alpha value is -8.79. The largest absolute Gasteiger partial charge is 0.493 e. The number of nitrogens with one attached hydrogen (secondary N) is 5. The molecular formula is C51H57N13O9. The molecule has 4 aromatic heterocycles. The van der Waals surface area contributed by atoms with Gasteiger partial charge in [0.1, 0.15) is 17.4 Å². The van der Waals surface area contributed by atoms with Crippen LogP contribution < -0.4 is 41.8 Å². The van der Waals surface area contributed by atoms with Gasteiger partial charge in [0.15, 0.2) is 17.3 Å². The Balaban J connectivity index is 0.821. The predicted molar refractivity (Wildman–Crippen MR) is 274 cm³/mol. The Bertz CT molecular complexity index is 3250. The van der Waals surface area contributed by atoms with Crippen LogP contribution in [0.2, 0.25) is 0 Å². The second-order valence-corrected chi connectivity index (χ2v) is 18.4. The molecule has 6 amide bonds. The molecule has 0 spiro atoms. The number of fused-ring (bicyclic) bond motifs is 3. The summed E-state index contributed by atoms with van der Waals surface area (Å²) in [6.07, 6.45) is 9.10. The van der Waals surface area contributed by atoms with Gasteiger partial charge in [-0.05, 0) is 68.1 Å². The van der Waals surface area contributed by atoms with E-state index < -0.39 is 35.7 Å². The van der Waals surface area contributed by atoms with Crippen LogP contribution in [0.3, 0.4) is 0 Å². The van der Waals surface area contributed by atoms with Gasteiger partial charge in [0.05, 0.1) is 53.9 Å². The number of anilines is 4. The highest BCUT2D eigenvalue weighted by atomic mass is 16.5. The van der Waals surface area contributed by atoms with Crippen LogP contribution in [0.1, 0.15) is 82.0 Å². The van der Waals surface area contributed by atoms with Crippen molar-refractivity contribution >= 4 is 87.0 Å². The molecule has 2 aromatic carbocycles. The molecule has 0 bridgehead atoms. The maximum atomic E-state index is 13.8. The molecule has 2 aliphatic heterocycles. The van der Waals surface area contributed by atoms with E-state index >= 15 is 0 Å². The maximum absolute atomic E-state index is 13.8. The quantitative estimate of drug-likeness (QED) is 0.0525. The van der Waals surface area contributed by atoms with Crippen molar-refractivity contribution < 1.29 is 43.0 Å². The van der Waals surface area contributed by atoms with Crippen LogP contribution in [-0.4, -0.2) is 114 Å². The van der Waals surface area contributed by atoms with Gasteiger partial charge in [-0.25, -0.2) is 4.98 Å². The van der Waals surface area contributed by atoms with Crippen LogP contribution in [0.5, 0.6) is 11.5 Å². The Morgan fingerprint density at radius 1 is 0.822 bits per heavy atom. The standard InChI is InChI=1S/C51H57N13O9/c1-27(2)44(52)48(68)54-29(4)46(66)55-31-11-12-37-30(17-31)13-14-63(37)51(71)39-19-33(25-61(39)6)56-47(67)38-18-32(24-60(38)5)57-49(69)45-59-42(26-62(45)7)58-43(65)10-9-15-73-41-21-36-35(20-40(41)72-8)50(70)64-23-28(3)16-34(64)22-53-36/h11-14,17-22,24-27,29,34,44H,3,9-10,15-16,23,52H2,1-2,4-8H3,(H,54,68)(H,55,66)(H,56,67)(H,57,69)(H,58,65)/t29?,34-,44?/m0/s1. The smallest absolute Gasteiger partial charge is 0.291 e. The third kappa shape index (κ3) is 10.9. The van der Waals surface area contributed by atoms with Crippen LogP contribution in [-0.2, 0) is 35.5 Å². The van der Waals surface area contributed by atoms with Crippen molar-refractivity contribution in [2.75, 3.05) is 41.5 Å². The van der Waals surface area contributed by atoms with Gasteiger partial charge in [0.25, 0.3) is 23.6 Å². The lowest BCUT2D eigenvalue weighted by molar-refractivity contribution is -0.127. The Kier molecular flexibility index (Phi) is 14.5. The average Bonchev–Trinajstić information content (AvgIpc) is 4.18. The number of benzene rings is 2. The van der Waals surface area contributed by atoms with Crippen molar-refractivity contribution in [2.24, 2.45) is 37.8 Å². The molecule has 73 heavy (non-hydrogen) atoms. The van der Waals surface area contributed by atoms with Gasteiger partial charge >= 0.3 is 0 Å². The fourth-order valence-electron chi connectivity index (χ4n) is 8.50. The number of carbonyl (C=O) groups excluding carboxylic acids is 7. The zero-order valence-electron chi connectivity index (χ0n) is 41.4. The number of hydrogen-bond acceptors (Lipinski definition) is 12. The van der Waals surface area contributed by atoms with Crippen molar-refractivity contribution in [1.82, 2.24) is 33.5 Å². The van der Waals surface area contributed by atoms with Gasteiger partial charge in [0, 0.05) is 82.3 Å². The number of aryl methyl sites for hydroxylation is 3. The minimum Gasteiger partial charge on any atom is -0.493 e. The Labute approximate surface area is 419 Å². The molecule has 7 N–H and O–H groups in total. The lowest BCUT2D eigenvalue weighted by atomic mass is 10.0. The molecule has 6 heterocycles. The van der Waals surface area contributed by atoms with Gasteiger partial charge < -0.3 is 60.4 Å². The van der Waals surface area contributed by atoms with Crippen LogP contribution >= 0.6 is 0 Å². The zero-order chi connectivity index (χ0) is 52.4. The van der Waals surface area contributed by atoms with Gasteiger partial charge in [-0.2, -0.15) is 0 Å². The average molecular weight is 996 g/mol. The van der Waals surface area contributed by atoms with Crippen molar-refractivity contribution in [3.8, 4) is 11.5 Å². The summed E-state index contributed by atoms with van der Waals surface area (Å²) in [6, 6.07) is 11.4. The number of imidazole rings is 1. The summed E-state index contributed by atoms with van der Waals surface area (Å²) in [7, 11) is 6.40. The maximum Gasteiger partial charge on any atom is 0.291 e. The van der Waals surface area contributed by atoms with Crippen LogP contribution in [0.25, 0.3) is 10.9 Å². The molecule has 1 fully saturated rings. The first-order chi connectivity index (χ1) is 34.8. The van der Waals surface area contributed by atoms with E-state index in [4.69, 9.17) is 15.2 Å². The topological polar surface area (TPSA) is 272 Å². The third-order valence-electron chi connectivity index (χ3n) is 12.5. The monoisotopic (exact) mass is 995 g/mol. The van der Waals surface area contributed by atoms with Crippen molar-refractivity contribution in [1.29, 1.82) is 0 Å². The number of rotatable bonds is 17. The summed E-state index contributed by atoms with van der Waals surface area (Å²) in [5.74, 6) is -2.01. The number of nitrogens with two attached hydrogens (primary N) is 1. The molecule has 0 saturated carbocycles. The number of carbonyl (C=O) groups is 7. The summed E-state index contributed by atoms with van der Waals surface area (Å²) in [5, 5.41) is 14.4. The van der Waals surface area contributed by atoms with Crippen molar-refractivity contribution in [3.05, 3.63) is 108 Å². The molecule has 2 aliphatic rings. The lowest BCUT2D eigenvalue weighted by Crippen LogP contribution is -2.50. The zero-order valence-corrected chi connectivity index (χ0v) is 41.4. The van der Waals surface area contributed by atoms with Gasteiger partial charge in [-0.15, -0.1) is 0 Å². The molecule has 1 saturated heterocycles.